The third kappa shape index (κ3) is 8.06. The zero-order valence-electron chi connectivity index (χ0n) is 20.8. The van der Waals surface area contributed by atoms with Gasteiger partial charge in [-0.1, -0.05) is 60.7 Å². The highest BCUT2D eigenvalue weighted by molar-refractivity contribution is 5.85. The topological polar surface area (TPSA) is 55.9 Å². The van der Waals surface area contributed by atoms with Gasteiger partial charge in [0.2, 0.25) is 11.8 Å². The summed E-state index contributed by atoms with van der Waals surface area (Å²) in [6.45, 7) is 8.75. The van der Waals surface area contributed by atoms with Gasteiger partial charge in [0.05, 0.1) is 6.54 Å². The van der Waals surface area contributed by atoms with E-state index in [2.05, 4.69) is 75.8 Å². The number of hydrogen-bond donors (Lipinski definition) is 1. The number of halogens is 1. The largest absolute Gasteiger partial charge is 0.354 e. The highest BCUT2D eigenvalue weighted by Crippen LogP contribution is 2.35. The Hall–Kier alpha value is -2.41. The molecule has 2 saturated heterocycles. The van der Waals surface area contributed by atoms with E-state index < -0.39 is 0 Å². The SMILES string of the molecule is CC(=O)N1CCN(CC(=O)NCC2(Cc3ccccc3)CCN(Cc3ccccc3)CC2)CC1.Cl. The predicted octanol–water partition coefficient (Wildman–Crippen LogP) is 3.21. The fraction of sp³-hybridized carbons (Fsp3) is 0.500. The van der Waals surface area contributed by atoms with Gasteiger partial charge < -0.3 is 10.2 Å². The van der Waals surface area contributed by atoms with Gasteiger partial charge in [0, 0.05) is 46.2 Å². The predicted molar refractivity (Wildman–Crippen MR) is 142 cm³/mol. The van der Waals surface area contributed by atoms with Crippen LogP contribution in [-0.4, -0.2) is 78.9 Å². The van der Waals surface area contributed by atoms with Gasteiger partial charge in [0.25, 0.3) is 0 Å². The van der Waals surface area contributed by atoms with Crippen LogP contribution >= 0.6 is 12.4 Å². The van der Waals surface area contributed by atoms with Gasteiger partial charge in [-0.3, -0.25) is 19.4 Å². The zero-order valence-corrected chi connectivity index (χ0v) is 21.6. The van der Waals surface area contributed by atoms with Crippen LogP contribution in [0.3, 0.4) is 0 Å². The number of benzene rings is 2. The summed E-state index contributed by atoms with van der Waals surface area (Å²) < 4.78 is 0. The van der Waals surface area contributed by atoms with Crippen molar-refractivity contribution < 1.29 is 9.59 Å². The Morgan fingerprint density at radius 1 is 0.800 bits per heavy atom. The molecule has 2 aliphatic heterocycles. The Bertz CT molecular complexity index is 924. The van der Waals surface area contributed by atoms with E-state index in [1.165, 1.54) is 11.1 Å². The van der Waals surface area contributed by atoms with E-state index in [0.717, 1.165) is 52.0 Å². The molecule has 0 atom stereocenters. The molecule has 35 heavy (non-hydrogen) atoms. The van der Waals surface area contributed by atoms with E-state index in [0.29, 0.717) is 26.2 Å². The smallest absolute Gasteiger partial charge is 0.234 e. The van der Waals surface area contributed by atoms with Crippen molar-refractivity contribution in [1.82, 2.24) is 20.0 Å². The number of piperazine rings is 1. The van der Waals surface area contributed by atoms with Crippen LogP contribution in [0.15, 0.2) is 60.7 Å². The van der Waals surface area contributed by atoms with Crippen LogP contribution in [0.25, 0.3) is 0 Å². The summed E-state index contributed by atoms with van der Waals surface area (Å²) in [6, 6.07) is 21.3. The zero-order chi connectivity index (χ0) is 23.8. The van der Waals surface area contributed by atoms with Crippen molar-refractivity contribution in [2.45, 2.75) is 32.7 Å². The van der Waals surface area contributed by atoms with Gasteiger partial charge in [0.1, 0.15) is 0 Å². The van der Waals surface area contributed by atoms with Gasteiger partial charge in [-0.15, -0.1) is 12.4 Å². The first-order chi connectivity index (χ1) is 16.5. The number of hydrogen-bond acceptors (Lipinski definition) is 4. The molecular formula is C28H39ClN4O2. The molecule has 0 unspecified atom stereocenters. The molecule has 2 aromatic carbocycles. The number of nitrogens with one attached hydrogen (secondary N) is 1. The number of rotatable bonds is 8. The quantitative estimate of drug-likeness (QED) is 0.607. The van der Waals surface area contributed by atoms with Crippen LogP contribution in [0.2, 0.25) is 0 Å². The van der Waals surface area contributed by atoms with Crippen LogP contribution in [0.1, 0.15) is 30.9 Å². The Balaban J connectivity index is 0.00000342. The number of amides is 2. The molecule has 2 heterocycles. The highest BCUT2D eigenvalue weighted by Gasteiger charge is 2.35. The summed E-state index contributed by atoms with van der Waals surface area (Å²) in [5.74, 6) is 0.209. The first-order valence-corrected chi connectivity index (χ1v) is 12.6. The van der Waals surface area contributed by atoms with Gasteiger partial charge in [-0.25, -0.2) is 0 Å². The molecule has 2 aromatic rings. The monoisotopic (exact) mass is 498 g/mol. The lowest BCUT2D eigenvalue weighted by Crippen LogP contribution is -2.52. The van der Waals surface area contributed by atoms with Crippen molar-refractivity contribution in [1.29, 1.82) is 0 Å². The second-order valence-corrected chi connectivity index (χ2v) is 9.98. The van der Waals surface area contributed by atoms with Crippen LogP contribution in [-0.2, 0) is 22.6 Å². The van der Waals surface area contributed by atoms with E-state index in [1.54, 1.807) is 6.92 Å². The third-order valence-corrected chi connectivity index (χ3v) is 7.43. The van der Waals surface area contributed by atoms with Gasteiger partial charge >= 0.3 is 0 Å². The molecule has 1 N–H and O–H groups in total. The molecule has 0 aromatic heterocycles. The van der Waals surface area contributed by atoms with Gasteiger partial charge in [-0.2, -0.15) is 0 Å². The van der Waals surface area contributed by atoms with Crippen molar-refractivity contribution in [2.75, 3.05) is 52.4 Å². The number of carbonyl (C=O) groups excluding carboxylic acids is 2. The Morgan fingerprint density at radius 2 is 1.37 bits per heavy atom. The minimum atomic E-state index is 0. The summed E-state index contributed by atoms with van der Waals surface area (Å²) in [7, 11) is 0. The maximum Gasteiger partial charge on any atom is 0.234 e. The Labute approximate surface area is 216 Å². The Kier molecular flexibility index (Phi) is 10.1. The second-order valence-electron chi connectivity index (χ2n) is 9.98. The lowest BCUT2D eigenvalue weighted by atomic mass is 9.73. The summed E-state index contributed by atoms with van der Waals surface area (Å²) in [6.07, 6.45) is 3.14. The first-order valence-electron chi connectivity index (χ1n) is 12.6. The minimum Gasteiger partial charge on any atom is -0.354 e. The lowest BCUT2D eigenvalue weighted by molar-refractivity contribution is -0.131. The number of carbonyl (C=O) groups is 2. The standard InChI is InChI=1S/C28H38N4O2.ClH/c1-24(33)32-18-16-31(17-19-32)22-27(34)29-23-28(20-25-8-4-2-5-9-25)12-14-30(15-13-28)21-26-10-6-3-7-11-26;/h2-11H,12-23H2,1H3,(H,29,34);1H. The molecule has 2 amide bonds. The highest BCUT2D eigenvalue weighted by atomic mass is 35.5. The van der Waals surface area contributed by atoms with Crippen LogP contribution in [0, 0.1) is 5.41 Å². The first kappa shape index (κ1) is 27.2. The maximum atomic E-state index is 12.8. The van der Waals surface area contributed by atoms with Crippen molar-refractivity contribution in [3.8, 4) is 0 Å². The third-order valence-electron chi connectivity index (χ3n) is 7.43. The molecule has 7 heteroatoms. The van der Waals surface area contributed by atoms with Crippen LogP contribution < -0.4 is 5.32 Å². The average Bonchev–Trinajstić information content (AvgIpc) is 2.86. The number of nitrogens with zero attached hydrogens (tertiary/aromatic N) is 3. The Morgan fingerprint density at radius 3 is 1.94 bits per heavy atom. The normalized spacial score (nSPS) is 18.5. The van der Waals surface area contributed by atoms with E-state index in [9.17, 15) is 9.59 Å². The molecule has 0 saturated carbocycles. The maximum absolute atomic E-state index is 12.8. The van der Waals surface area contributed by atoms with E-state index in [1.807, 2.05) is 4.90 Å². The molecule has 190 valence electrons. The number of piperidine rings is 1. The minimum absolute atomic E-state index is 0. The van der Waals surface area contributed by atoms with E-state index in [4.69, 9.17) is 0 Å². The van der Waals surface area contributed by atoms with E-state index in [-0.39, 0.29) is 29.6 Å². The van der Waals surface area contributed by atoms with Crippen LogP contribution in [0.4, 0.5) is 0 Å². The molecule has 6 nitrogen and oxygen atoms in total. The van der Waals surface area contributed by atoms with Gasteiger partial charge in [-0.05, 0) is 48.9 Å². The van der Waals surface area contributed by atoms with Gasteiger partial charge in [0.15, 0.2) is 0 Å². The van der Waals surface area contributed by atoms with Crippen molar-refractivity contribution >= 4 is 24.2 Å². The molecule has 2 aliphatic rings. The number of likely N-dealkylation sites (tertiary alicyclic amines) is 1. The summed E-state index contributed by atoms with van der Waals surface area (Å²) in [4.78, 5) is 30.9. The summed E-state index contributed by atoms with van der Waals surface area (Å²) in [5.41, 5.74) is 2.78. The fourth-order valence-electron chi connectivity index (χ4n) is 5.24. The lowest BCUT2D eigenvalue weighted by Gasteiger charge is -2.42. The fourth-order valence-corrected chi connectivity index (χ4v) is 5.24. The van der Waals surface area contributed by atoms with Crippen LogP contribution in [0.5, 0.6) is 0 Å². The van der Waals surface area contributed by atoms with E-state index >= 15 is 0 Å². The molecular weight excluding hydrogens is 460 g/mol. The average molecular weight is 499 g/mol. The molecule has 0 radical (unpaired) electrons. The molecule has 0 bridgehead atoms. The molecule has 4 rings (SSSR count). The second kappa shape index (κ2) is 13.1. The summed E-state index contributed by atoms with van der Waals surface area (Å²) >= 11 is 0. The molecule has 2 fully saturated rings. The van der Waals surface area contributed by atoms with Crippen molar-refractivity contribution in [3.05, 3.63) is 71.8 Å². The van der Waals surface area contributed by atoms with Crippen molar-refractivity contribution in [3.63, 3.8) is 0 Å². The molecule has 0 spiro atoms. The summed E-state index contributed by atoms with van der Waals surface area (Å²) in [5, 5.41) is 3.28. The van der Waals surface area contributed by atoms with Crippen molar-refractivity contribution in [2.24, 2.45) is 5.41 Å². The molecule has 0 aliphatic carbocycles.